The van der Waals surface area contributed by atoms with Gasteiger partial charge in [-0.1, -0.05) is 49.7 Å². The average Bonchev–Trinajstić information content (AvgIpc) is 3.41. The first-order valence-electron chi connectivity index (χ1n) is 13.3. The van der Waals surface area contributed by atoms with Crippen molar-refractivity contribution < 1.29 is 0 Å². The summed E-state index contributed by atoms with van der Waals surface area (Å²) in [5.41, 5.74) is 5.38. The van der Waals surface area contributed by atoms with Crippen LogP contribution in [0.25, 0.3) is 16.6 Å². The van der Waals surface area contributed by atoms with E-state index < -0.39 is 0 Å². The Morgan fingerprint density at radius 1 is 1.18 bits per heavy atom. The number of benzene rings is 2. The van der Waals surface area contributed by atoms with Crippen molar-refractivity contribution in [3.05, 3.63) is 89.1 Å². The minimum Gasteiger partial charge on any atom is -0.383 e. The highest BCUT2D eigenvalue weighted by molar-refractivity contribution is 6.35. The third-order valence-corrected chi connectivity index (χ3v) is 7.16. The lowest BCUT2D eigenvalue weighted by atomic mass is 9.96. The Kier molecular flexibility index (Phi) is 6.64. The third kappa shape index (κ3) is 5.36. The molecule has 2 aromatic carbocycles. The number of fused-ring (bicyclic) bond motifs is 1. The Balaban J connectivity index is 1.43. The Bertz CT molecular complexity index is 1710. The molecule has 1 aliphatic rings. The maximum absolute atomic E-state index is 9.84. The normalized spacial score (nSPS) is 14.2. The van der Waals surface area contributed by atoms with Crippen molar-refractivity contribution in [2.75, 3.05) is 17.2 Å². The van der Waals surface area contributed by atoms with Gasteiger partial charge >= 0.3 is 0 Å². The molecular formula is C30H30ClN9. The number of halogens is 1. The molecule has 1 aliphatic carbocycles. The zero-order valence-corrected chi connectivity index (χ0v) is 23.4. The lowest BCUT2D eigenvalue weighted by Gasteiger charge is -2.22. The van der Waals surface area contributed by atoms with Gasteiger partial charge in [0.15, 0.2) is 0 Å². The number of pyridine rings is 1. The first kappa shape index (κ1) is 25.8. The SMILES string of the molecule is CC(C)(C)CNc1c(C#N)cnc2c(Cl)cc(N[C@@H](c3cccc(-n4cccn4)c3)c3cn(C4CC4)nn3)cc12. The molecule has 40 heavy (non-hydrogen) atoms. The topological polar surface area (TPSA) is 109 Å². The molecule has 9 nitrogen and oxygen atoms in total. The molecule has 5 aromatic rings. The van der Waals surface area contributed by atoms with Gasteiger partial charge in [0.25, 0.3) is 0 Å². The summed E-state index contributed by atoms with van der Waals surface area (Å²) >= 11 is 6.79. The second-order valence-corrected chi connectivity index (χ2v) is 11.8. The van der Waals surface area contributed by atoms with Gasteiger partial charge in [0.1, 0.15) is 11.8 Å². The standard InChI is InChI=1S/C30H30ClN9/c1-30(2,3)18-34-27-20(15-32)16-33-29-24(27)13-21(14-25(29)31)36-28(26-17-40(38-37-26)22-8-9-22)19-6-4-7-23(12-19)39-11-5-10-35-39/h4-7,10-14,16-17,22,28,36H,8-9,18H2,1-3H3,(H,33,34)/t28-/m0/s1. The van der Waals surface area contributed by atoms with E-state index in [-0.39, 0.29) is 11.5 Å². The van der Waals surface area contributed by atoms with Gasteiger partial charge in [-0.3, -0.25) is 4.98 Å². The van der Waals surface area contributed by atoms with Crippen molar-refractivity contribution in [2.45, 2.75) is 45.7 Å². The number of rotatable bonds is 8. The van der Waals surface area contributed by atoms with Crippen LogP contribution in [-0.4, -0.2) is 36.3 Å². The number of nitriles is 1. The van der Waals surface area contributed by atoms with E-state index >= 15 is 0 Å². The minimum absolute atomic E-state index is 0.0139. The number of hydrogen-bond acceptors (Lipinski definition) is 7. The van der Waals surface area contributed by atoms with E-state index in [9.17, 15) is 5.26 Å². The van der Waals surface area contributed by atoms with Crippen LogP contribution in [0.1, 0.15) is 62.5 Å². The second-order valence-electron chi connectivity index (χ2n) is 11.4. The van der Waals surface area contributed by atoms with Crippen molar-refractivity contribution in [3.63, 3.8) is 0 Å². The molecule has 0 radical (unpaired) electrons. The minimum atomic E-state index is -0.311. The molecule has 10 heteroatoms. The second kappa shape index (κ2) is 10.3. The summed E-state index contributed by atoms with van der Waals surface area (Å²) in [4.78, 5) is 4.51. The maximum Gasteiger partial charge on any atom is 0.109 e. The first-order chi connectivity index (χ1) is 19.3. The molecule has 2 N–H and O–H groups in total. The van der Waals surface area contributed by atoms with Crippen LogP contribution < -0.4 is 10.6 Å². The molecule has 0 amide bonds. The molecule has 6 rings (SSSR count). The van der Waals surface area contributed by atoms with Crippen molar-refractivity contribution in [1.82, 2.24) is 29.8 Å². The van der Waals surface area contributed by atoms with Gasteiger partial charge in [0.2, 0.25) is 0 Å². The van der Waals surface area contributed by atoms with Gasteiger partial charge in [-0.2, -0.15) is 10.4 Å². The number of anilines is 2. The Hall–Kier alpha value is -4.42. The highest BCUT2D eigenvalue weighted by Gasteiger charge is 2.27. The predicted octanol–water partition coefficient (Wildman–Crippen LogP) is 6.53. The molecule has 0 spiro atoms. The summed E-state index contributed by atoms with van der Waals surface area (Å²) < 4.78 is 3.78. The maximum atomic E-state index is 9.84. The van der Waals surface area contributed by atoms with Crippen molar-refractivity contribution in [1.29, 1.82) is 5.26 Å². The first-order valence-corrected chi connectivity index (χ1v) is 13.7. The van der Waals surface area contributed by atoms with Crippen LogP contribution in [0.4, 0.5) is 11.4 Å². The monoisotopic (exact) mass is 551 g/mol. The van der Waals surface area contributed by atoms with Gasteiger partial charge in [0.05, 0.1) is 45.8 Å². The molecule has 1 fully saturated rings. The van der Waals surface area contributed by atoms with Crippen LogP contribution in [0.2, 0.25) is 5.02 Å². The van der Waals surface area contributed by atoms with E-state index in [1.54, 1.807) is 12.4 Å². The summed E-state index contributed by atoms with van der Waals surface area (Å²) in [6.45, 7) is 7.12. The molecule has 3 aromatic heterocycles. The van der Waals surface area contributed by atoms with E-state index in [4.69, 9.17) is 11.6 Å². The summed E-state index contributed by atoms with van der Waals surface area (Å²) in [7, 11) is 0. The molecule has 3 heterocycles. The third-order valence-electron chi connectivity index (χ3n) is 6.87. The summed E-state index contributed by atoms with van der Waals surface area (Å²) in [5, 5.41) is 31.6. The highest BCUT2D eigenvalue weighted by Crippen LogP contribution is 2.37. The molecule has 0 bridgehead atoms. The Morgan fingerprint density at radius 3 is 2.75 bits per heavy atom. The van der Waals surface area contributed by atoms with Gasteiger partial charge < -0.3 is 10.6 Å². The summed E-state index contributed by atoms with van der Waals surface area (Å²) in [6.07, 6.45) is 9.51. The molecule has 0 aliphatic heterocycles. The van der Waals surface area contributed by atoms with Gasteiger partial charge in [-0.05, 0) is 54.2 Å². The molecule has 1 atom stereocenters. The van der Waals surface area contributed by atoms with Crippen LogP contribution in [-0.2, 0) is 0 Å². The quantitative estimate of drug-likeness (QED) is 0.225. The largest absolute Gasteiger partial charge is 0.383 e. The lowest BCUT2D eigenvalue weighted by Crippen LogP contribution is -2.20. The fourth-order valence-electron chi connectivity index (χ4n) is 4.68. The van der Waals surface area contributed by atoms with E-state index in [1.807, 2.05) is 52.1 Å². The fourth-order valence-corrected chi connectivity index (χ4v) is 4.94. The predicted molar refractivity (Wildman–Crippen MR) is 157 cm³/mol. The van der Waals surface area contributed by atoms with Gasteiger partial charge in [-0.15, -0.1) is 5.10 Å². The number of nitrogens with zero attached hydrogens (tertiary/aromatic N) is 7. The lowest BCUT2D eigenvalue weighted by molar-refractivity contribution is 0.443. The van der Waals surface area contributed by atoms with Crippen LogP contribution in [0, 0.1) is 16.7 Å². The molecule has 0 unspecified atom stereocenters. The molecule has 0 saturated heterocycles. The smallest absolute Gasteiger partial charge is 0.109 e. The van der Waals surface area contributed by atoms with Crippen LogP contribution >= 0.6 is 11.6 Å². The average molecular weight is 552 g/mol. The number of hydrogen-bond donors (Lipinski definition) is 2. The molecular weight excluding hydrogens is 522 g/mol. The Labute approximate surface area is 237 Å². The summed E-state index contributed by atoms with van der Waals surface area (Å²) in [5.74, 6) is 0. The van der Waals surface area contributed by atoms with E-state index in [1.165, 1.54) is 0 Å². The van der Waals surface area contributed by atoms with Crippen molar-refractivity contribution >= 4 is 33.9 Å². The van der Waals surface area contributed by atoms with E-state index in [0.29, 0.717) is 28.7 Å². The summed E-state index contributed by atoms with van der Waals surface area (Å²) in [6, 6.07) is 16.3. The van der Waals surface area contributed by atoms with E-state index in [0.717, 1.165) is 46.5 Å². The zero-order chi connectivity index (χ0) is 27.9. The number of nitrogens with one attached hydrogen (secondary N) is 2. The highest BCUT2D eigenvalue weighted by atomic mass is 35.5. The van der Waals surface area contributed by atoms with Crippen molar-refractivity contribution in [3.8, 4) is 11.8 Å². The molecule has 202 valence electrons. The molecule has 1 saturated carbocycles. The van der Waals surface area contributed by atoms with Gasteiger partial charge in [0, 0.05) is 36.2 Å². The van der Waals surface area contributed by atoms with Crippen LogP contribution in [0.5, 0.6) is 0 Å². The number of aromatic nitrogens is 6. The van der Waals surface area contributed by atoms with Crippen LogP contribution in [0.3, 0.4) is 0 Å². The van der Waals surface area contributed by atoms with E-state index in [2.05, 4.69) is 70.0 Å². The Morgan fingerprint density at radius 2 is 2.02 bits per heavy atom. The van der Waals surface area contributed by atoms with Crippen molar-refractivity contribution in [2.24, 2.45) is 5.41 Å². The van der Waals surface area contributed by atoms with Gasteiger partial charge in [-0.25, -0.2) is 9.36 Å². The zero-order valence-electron chi connectivity index (χ0n) is 22.6. The fraction of sp³-hybridized carbons (Fsp3) is 0.300. The van der Waals surface area contributed by atoms with Crippen LogP contribution in [0.15, 0.2) is 67.3 Å².